The van der Waals surface area contributed by atoms with Crippen LogP contribution in [0.25, 0.3) is 49.7 Å². The van der Waals surface area contributed by atoms with E-state index in [1.54, 1.807) is 0 Å². The Labute approximate surface area is 258 Å². The number of para-hydroxylation sites is 2. The zero-order valence-electron chi connectivity index (χ0n) is 24.7. The van der Waals surface area contributed by atoms with Crippen molar-refractivity contribution in [2.24, 2.45) is 0 Å². The van der Waals surface area contributed by atoms with Gasteiger partial charge in [-0.2, -0.15) is 0 Å². The Bertz CT molecular complexity index is 2120. The molecule has 2 unspecified atom stereocenters. The van der Waals surface area contributed by atoms with Crippen molar-refractivity contribution in [2.75, 3.05) is 4.90 Å². The van der Waals surface area contributed by atoms with E-state index in [1.165, 1.54) is 92.4 Å². The molecule has 2 heteroatoms. The van der Waals surface area contributed by atoms with Gasteiger partial charge in [0.25, 0.3) is 0 Å². The first kappa shape index (κ1) is 25.4. The van der Waals surface area contributed by atoms with Crippen molar-refractivity contribution < 1.29 is 0 Å². The van der Waals surface area contributed by atoms with Crippen molar-refractivity contribution in [3.05, 3.63) is 151 Å². The van der Waals surface area contributed by atoms with E-state index in [-0.39, 0.29) is 0 Å². The quantitative estimate of drug-likeness (QED) is 0.206. The first-order chi connectivity index (χ1) is 21.8. The lowest BCUT2D eigenvalue weighted by molar-refractivity contribution is 0.402. The maximum atomic E-state index is 2.65. The lowest BCUT2D eigenvalue weighted by atomic mass is 9.82. The lowest BCUT2D eigenvalue weighted by Gasteiger charge is -2.33. The number of nitrogens with zero attached hydrogens (tertiary/aromatic N) is 2. The Morgan fingerprint density at radius 1 is 0.455 bits per heavy atom. The molecule has 0 spiro atoms. The summed E-state index contributed by atoms with van der Waals surface area (Å²) in [5.74, 6) is 0.580. The number of benzene rings is 6. The molecule has 0 saturated heterocycles. The van der Waals surface area contributed by atoms with Gasteiger partial charge in [-0.1, -0.05) is 104 Å². The van der Waals surface area contributed by atoms with Crippen molar-refractivity contribution in [3.63, 3.8) is 0 Å². The summed E-state index contributed by atoms with van der Waals surface area (Å²) >= 11 is 0. The van der Waals surface area contributed by atoms with Gasteiger partial charge in [-0.05, 0) is 95.3 Å². The molecule has 7 aromatic rings. The standard InChI is InChI=1S/C42H34N2/c1-3-11-29(12-4-1)30-19-23-34(24-20-30)44-40-18-10-8-16-36(40)38-28-32(22-26-42(38)44)31-21-25-41-37(27-31)35-15-7-9-17-39(35)43(41)33-13-5-2-6-14-33/h1-7,9,11-15,17,19-28,36,40H,8,10,16,18H2. The molecule has 44 heavy (non-hydrogen) atoms. The molecule has 9 rings (SSSR count). The molecule has 2 aliphatic rings. The highest BCUT2D eigenvalue weighted by atomic mass is 15.2. The van der Waals surface area contributed by atoms with Gasteiger partial charge in [-0.25, -0.2) is 0 Å². The average Bonchev–Trinajstić information content (AvgIpc) is 3.61. The van der Waals surface area contributed by atoms with Gasteiger partial charge >= 0.3 is 0 Å². The third-order valence-electron chi connectivity index (χ3n) is 10.0. The molecule has 6 aromatic carbocycles. The fraction of sp³-hybridized carbons (Fsp3) is 0.143. The second-order valence-electron chi connectivity index (χ2n) is 12.4. The molecule has 1 saturated carbocycles. The Hall–Kier alpha value is -5.08. The molecular formula is C42H34N2. The maximum absolute atomic E-state index is 2.65. The van der Waals surface area contributed by atoms with Gasteiger partial charge in [-0.3, -0.25) is 0 Å². The topological polar surface area (TPSA) is 8.17 Å². The summed E-state index contributed by atoms with van der Waals surface area (Å²) in [6, 6.07) is 54.2. The van der Waals surface area contributed by atoms with E-state index >= 15 is 0 Å². The molecule has 0 N–H and O–H groups in total. The first-order valence-electron chi connectivity index (χ1n) is 16.0. The van der Waals surface area contributed by atoms with Crippen LogP contribution in [0, 0.1) is 0 Å². The fourth-order valence-corrected chi connectivity index (χ4v) is 8.00. The van der Waals surface area contributed by atoms with E-state index in [9.17, 15) is 0 Å². The predicted molar refractivity (Wildman–Crippen MR) is 185 cm³/mol. The number of hydrogen-bond donors (Lipinski definition) is 0. The molecule has 1 aliphatic carbocycles. The Balaban J connectivity index is 1.13. The summed E-state index contributed by atoms with van der Waals surface area (Å²) in [5.41, 5.74) is 13.1. The minimum absolute atomic E-state index is 0.530. The molecule has 0 amide bonds. The van der Waals surface area contributed by atoms with E-state index in [0.717, 1.165) is 0 Å². The largest absolute Gasteiger partial charge is 0.338 e. The Morgan fingerprint density at radius 3 is 1.93 bits per heavy atom. The highest BCUT2D eigenvalue weighted by molar-refractivity contribution is 6.10. The number of fused-ring (bicyclic) bond motifs is 6. The van der Waals surface area contributed by atoms with Gasteiger partial charge in [-0.15, -0.1) is 0 Å². The van der Waals surface area contributed by atoms with Gasteiger partial charge < -0.3 is 9.47 Å². The summed E-state index contributed by atoms with van der Waals surface area (Å²) < 4.78 is 2.39. The molecule has 0 radical (unpaired) electrons. The predicted octanol–water partition coefficient (Wildman–Crippen LogP) is 11.3. The minimum Gasteiger partial charge on any atom is -0.338 e. The second kappa shape index (κ2) is 10.3. The summed E-state index contributed by atoms with van der Waals surface area (Å²) in [4.78, 5) is 2.65. The smallest absolute Gasteiger partial charge is 0.0541 e. The summed E-state index contributed by atoms with van der Waals surface area (Å²) in [5, 5.41) is 2.60. The van der Waals surface area contributed by atoms with Crippen LogP contribution < -0.4 is 4.90 Å². The number of anilines is 2. The SMILES string of the molecule is c1ccc(-c2ccc(N3c4ccc(-c5ccc6c(c5)c5ccccc5n6-c5ccccc5)cc4C4CCCCC43)cc2)cc1. The summed E-state index contributed by atoms with van der Waals surface area (Å²) in [6.45, 7) is 0. The van der Waals surface area contributed by atoms with E-state index in [0.29, 0.717) is 12.0 Å². The number of aromatic nitrogens is 1. The Kier molecular flexibility index (Phi) is 5.94. The third kappa shape index (κ3) is 4.02. The molecule has 2 atom stereocenters. The van der Waals surface area contributed by atoms with Crippen LogP contribution in [0.15, 0.2) is 146 Å². The molecule has 1 aliphatic heterocycles. The molecule has 1 fully saturated rings. The highest BCUT2D eigenvalue weighted by Crippen LogP contribution is 2.52. The van der Waals surface area contributed by atoms with Gasteiger partial charge in [0.05, 0.1) is 11.0 Å². The first-order valence-corrected chi connectivity index (χ1v) is 16.0. The third-order valence-corrected chi connectivity index (χ3v) is 10.0. The highest BCUT2D eigenvalue weighted by Gasteiger charge is 2.40. The molecule has 2 heterocycles. The number of rotatable bonds is 4. The van der Waals surface area contributed by atoms with Crippen LogP contribution in [-0.4, -0.2) is 10.6 Å². The van der Waals surface area contributed by atoms with E-state index in [4.69, 9.17) is 0 Å². The Morgan fingerprint density at radius 2 is 1.09 bits per heavy atom. The molecular weight excluding hydrogens is 532 g/mol. The van der Waals surface area contributed by atoms with Crippen LogP contribution >= 0.6 is 0 Å². The minimum atomic E-state index is 0.530. The fourth-order valence-electron chi connectivity index (χ4n) is 8.00. The van der Waals surface area contributed by atoms with Gasteiger partial charge in [0.2, 0.25) is 0 Å². The van der Waals surface area contributed by atoms with Crippen molar-refractivity contribution in [1.29, 1.82) is 0 Å². The molecule has 212 valence electrons. The van der Waals surface area contributed by atoms with E-state index < -0.39 is 0 Å². The zero-order valence-corrected chi connectivity index (χ0v) is 24.7. The van der Waals surface area contributed by atoms with Crippen molar-refractivity contribution in [2.45, 2.75) is 37.6 Å². The zero-order chi connectivity index (χ0) is 29.0. The van der Waals surface area contributed by atoms with E-state index in [2.05, 4.69) is 155 Å². The van der Waals surface area contributed by atoms with Crippen LogP contribution in [0.3, 0.4) is 0 Å². The summed E-state index contributed by atoms with van der Waals surface area (Å²) in [7, 11) is 0. The van der Waals surface area contributed by atoms with Crippen molar-refractivity contribution in [3.8, 4) is 27.9 Å². The summed E-state index contributed by atoms with van der Waals surface area (Å²) in [6.07, 6.45) is 5.14. The van der Waals surface area contributed by atoms with Gasteiger partial charge in [0, 0.05) is 39.8 Å². The monoisotopic (exact) mass is 566 g/mol. The van der Waals surface area contributed by atoms with E-state index in [1.807, 2.05) is 0 Å². The van der Waals surface area contributed by atoms with Crippen LogP contribution in [0.4, 0.5) is 11.4 Å². The molecule has 0 bridgehead atoms. The lowest BCUT2D eigenvalue weighted by Crippen LogP contribution is -2.32. The van der Waals surface area contributed by atoms with Crippen molar-refractivity contribution in [1.82, 2.24) is 4.57 Å². The van der Waals surface area contributed by atoms with Gasteiger partial charge in [0.15, 0.2) is 0 Å². The van der Waals surface area contributed by atoms with Crippen LogP contribution in [0.2, 0.25) is 0 Å². The normalized spacial score (nSPS) is 17.6. The van der Waals surface area contributed by atoms with Crippen LogP contribution in [0.5, 0.6) is 0 Å². The molecule has 1 aromatic heterocycles. The van der Waals surface area contributed by atoms with Crippen LogP contribution in [0.1, 0.15) is 37.2 Å². The van der Waals surface area contributed by atoms with Crippen molar-refractivity contribution >= 4 is 33.2 Å². The number of hydrogen-bond acceptors (Lipinski definition) is 1. The maximum Gasteiger partial charge on any atom is 0.0541 e. The van der Waals surface area contributed by atoms with Crippen LogP contribution in [-0.2, 0) is 0 Å². The van der Waals surface area contributed by atoms with Gasteiger partial charge in [0.1, 0.15) is 0 Å². The second-order valence-corrected chi connectivity index (χ2v) is 12.4. The molecule has 2 nitrogen and oxygen atoms in total. The average molecular weight is 567 g/mol.